The van der Waals surface area contributed by atoms with E-state index in [-0.39, 0.29) is 0 Å². The monoisotopic (exact) mass is 381 g/mol. The summed E-state index contributed by atoms with van der Waals surface area (Å²) in [6, 6.07) is 11.8. The molecule has 124 valence electrons. The Morgan fingerprint density at radius 2 is 1.82 bits per heavy atom. The third kappa shape index (κ3) is 3.68. The molecule has 1 heterocycles. The Kier molecular flexibility index (Phi) is 5.62. The number of nitrogens with zero attached hydrogens (tertiary/aromatic N) is 1. The van der Waals surface area contributed by atoms with Crippen LogP contribution in [0.15, 0.2) is 30.3 Å². The zero-order valence-corrected chi connectivity index (χ0v) is 17.7. The standard InChI is InChI=1S/C19H32BrNSi/c1-15(20)12-13-17-14-21(22(5,6)19(2,3)4)18(17)16-10-8-7-9-11-16/h7-11,15,17-18H,12-14H2,1-6H3. The van der Waals surface area contributed by atoms with Gasteiger partial charge in [0, 0.05) is 10.9 Å². The Morgan fingerprint density at radius 3 is 2.32 bits per heavy atom. The van der Waals surface area contributed by atoms with Crippen LogP contribution in [-0.4, -0.2) is 24.2 Å². The van der Waals surface area contributed by atoms with Crippen LogP contribution in [0.4, 0.5) is 0 Å². The number of benzene rings is 1. The number of halogens is 1. The second kappa shape index (κ2) is 6.78. The van der Waals surface area contributed by atoms with Gasteiger partial charge in [0.1, 0.15) is 8.24 Å². The van der Waals surface area contributed by atoms with E-state index in [1.807, 2.05) is 0 Å². The smallest absolute Gasteiger partial charge is 0.128 e. The lowest BCUT2D eigenvalue weighted by Crippen LogP contribution is -2.65. The van der Waals surface area contributed by atoms with E-state index in [1.54, 1.807) is 0 Å². The van der Waals surface area contributed by atoms with Gasteiger partial charge < -0.3 is 4.57 Å². The average Bonchev–Trinajstić information content (AvgIpc) is 2.36. The molecule has 3 atom stereocenters. The highest BCUT2D eigenvalue weighted by Crippen LogP contribution is 2.50. The summed E-state index contributed by atoms with van der Waals surface area (Å²) in [6.45, 7) is 15.9. The first kappa shape index (κ1) is 18.2. The van der Waals surface area contributed by atoms with E-state index in [9.17, 15) is 0 Å². The van der Waals surface area contributed by atoms with Gasteiger partial charge in [-0.1, -0.05) is 87.1 Å². The number of hydrogen-bond acceptors (Lipinski definition) is 1. The highest BCUT2D eigenvalue weighted by molar-refractivity contribution is 9.09. The van der Waals surface area contributed by atoms with E-state index >= 15 is 0 Å². The van der Waals surface area contributed by atoms with E-state index in [2.05, 4.69) is 91.6 Å². The van der Waals surface area contributed by atoms with E-state index in [0.29, 0.717) is 15.9 Å². The molecule has 22 heavy (non-hydrogen) atoms. The molecule has 1 aliphatic heterocycles. The van der Waals surface area contributed by atoms with Crippen LogP contribution in [0.25, 0.3) is 0 Å². The molecule has 1 aromatic carbocycles. The fraction of sp³-hybridized carbons (Fsp3) is 0.684. The van der Waals surface area contributed by atoms with Gasteiger partial charge in [0.25, 0.3) is 0 Å². The van der Waals surface area contributed by atoms with E-state index in [4.69, 9.17) is 0 Å². The minimum Gasteiger partial charge on any atom is -0.316 e. The molecule has 0 bridgehead atoms. The van der Waals surface area contributed by atoms with Gasteiger partial charge in [0.15, 0.2) is 0 Å². The Labute approximate surface area is 146 Å². The number of alkyl halides is 1. The summed E-state index contributed by atoms with van der Waals surface area (Å²) < 4.78 is 2.87. The van der Waals surface area contributed by atoms with Crippen molar-refractivity contribution in [2.24, 2.45) is 5.92 Å². The molecule has 0 saturated carbocycles. The van der Waals surface area contributed by atoms with Crippen LogP contribution in [-0.2, 0) is 0 Å². The van der Waals surface area contributed by atoms with Crippen molar-refractivity contribution < 1.29 is 0 Å². The van der Waals surface area contributed by atoms with Gasteiger partial charge >= 0.3 is 0 Å². The van der Waals surface area contributed by atoms with Crippen LogP contribution in [0.2, 0.25) is 18.1 Å². The van der Waals surface area contributed by atoms with E-state index in [1.165, 1.54) is 24.9 Å². The molecular formula is C19H32BrNSi. The van der Waals surface area contributed by atoms with Crippen LogP contribution in [0, 0.1) is 5.92 Å². The molecular weight excluding hydrogens is 350 g/mol. The van der Waals surface area contributed by atoms with Crippen LogP contribution in [0.1, 0.15) is 52.1 Å². The minimum absolute atomic E-state index is 0.410. The van der Waals surface area contributed by atoms with Crippen molar-refractivity contribution in [1.29, 1.82) is 0 Å². The molecule has 1 saturated heterocycles. The highest BCUT2D eigenvalue weighted by Gasteiger charge is 2.51. The summed E-state index contributed by atoms with van der Waals surface area (Å²) in [5.74, 6) is 0.816. The van der Waals surface area contributed by atoms with Crippen molar-refractivity contribution >= 4 is 24.2 Å². The largest absolute Gasteiger partial charge is 0.316 e. The predicted octanol–water partition coefficient (Wildman–Crippen LogP) is 6.23. The van der Waals surface area contributed by atoms with Gasteiger partial charge in [-0.2, -0.15) is 0 Å². The van der Waals surface area contributed by atoms with Gasteiger partial charge in [0.05, 0.1) is 0 Å². The SMILES string of the molecule is CC(Br)CCC1CN([Si](C)(C)C(C)(C)C)C1c1ccccc1. The summed E-state index contributed by atoms with van der Waals surface area (Å²) >= 11 is 3.71. The molecule has 3 heteroatoms. The molecule has 1 aliphatic rings. The van der Waals surface area contributed by atoms with Crippen molar-refractivity contribution in [3.8, 4) is 0 Å². The Morgan fingerprint density at radius 1 is 1.23 bits per heavy atom. The first-order valence-corrected chi connectivity index (χ1v) is 12.5. The third-order valence-electron chi connectivity index (χ3n) is 5.84. The van der Waals surface area contributed by atoms with Crippen molar-refractivity contribution in [3.05, 3.63) is 35.9 Å². The fourth-order valence-corrected chi connectivity index (χ4v) is 6.26. The van der Waals surface area contributed by atoms with Crippen molar-refractivity contribution in [1.82, 2.24) is 4.57 Å². The topological polar surface area (TPSA) is 3.24 Å². The first-order valence-electron chi connectivity index (χ1n) is 8.60. The maximum atomic E-state index is 3.71. The molecule has 3 unspecified atom stereocenters. The number of rotatable bonds is 5. The van der Waals surface area contributed by atoms with Crippen molar-refractivity contribution in [2.75, 3.05) is 6.54 Å². The zero-order chi connectivity index (χ0) is 16.5. The molecule has 2 rings (SSSR count). The molecule has 0 amide bonds. The normalized spacial score (nSPS) is 24.9. The average molecular weight is 382 g/mol. The quantitative estimate of drug-likeness (QED) is 0.431. The van der Waals surface area contributed by atoms with Crippen molar-refractivity contribution in [3.63, 3.8) is 0 Å². The fourth-order valence-electron chi connectivity index (χ4n) is 3.38. The first-order chi connectivity index (χ1) is 10.1. The molecule has 0 spiro atoms. The molecule has 0 N–H and O–H groups in total. The molecule has 1 aromatic rings. The maximum Gasteiger partial charge on any atom is 0.128 e. The molecule has 0 aromatic heterocycles. The van der Waals surface area contributed by atoms with E-state index < -0.39 is 8.24 Å². The lowest BCUT2D eigenvalue weighted by atomic mass is 9.82. The number of hydrogen-bond donors (Lipinski definition) is 0. The Balaban J connectivity index is 2.22. The minimum atomic E-state index is -1.44. The molecule has 1 fully saturated rings. The summed E-state index contributed by atoms with van der Waals surface area (Å²) in [6.07, 6.45) is 2.61. The van der Waals surface area contributed by atoms with Gasteiger partial charge in [-0.3, -0.25) is 0 Å². The summed E-state index contributed by atoms with van der Waals surface area (Å²) in [5, 5.41) is 0.410. The summed E-state index contributed by atoms with van der Waals surface area (Å²) in [5.41, 5.74) is 1.52. The Hall–Kier alpha value is -0.123. The predicted molar refractivity (Wildman–Crippen MR) is 104 cm³/mol. The molecule has 1 nitrogen and oxygen atoms in total. The third-order valence-corrected chi connectivity index (χ3v) is 11.9. The molecule has 0 radical (unpaired) electrons. The lowest BCUT2D eigenvalue weighted by Gasteiger charge is -2.59. The van der Waals surface area contributed by atoms with Gasteiger partial charge in [-0.05, 0) is 35.9 Å². The zero-order valence-electron chi connectivity index (χ0n) is 15.1. The van der Waals surface area contributed by atoms with Gasteiger partial charge in [-0.25, -0.2) is 0 Å². The summed E-state index contributed by atoms with van der Waals surface area (Å²) in [7, 11) is -1.44. The lowest BCUT2D eigenvalue weighted by molar-refractivity contribution is 0.0761. The molecule has 0 aliphatic carbocycles. The van der Waals surface area contributed by atoms with Crippen LogP contribution >= 0.6 is 15.9 Å². The highest BCUT2D eigenvalue weighted by atomic mass is 79.9. The summed E-state index contributed by atoms with van der Waals surface area (Å²) in [4.78, 5) is 0.630. The van der Waals surface area contributed by atoms with Crippen LogP contribution in [0.5, 0.6) is 0 Å². The van der Waals surface area contributed by atoms with E-state index in [0.717, 1.165) is 5.92 Å². The second-order valence-electron chi connectivity index (χ2n) is 8.44. The maximum absolute atomic E-state index is 3.71. The van der Waals surface area contributed by atoms with Crippen LogP contribution < -0.4 is 0 Å². The van der Waals surface area contributed by atoms with Crippen LogP contribution in [0.3, 0.4) is 0 Å². The van der Waals surface area contributed by atoms with Crippen molar-refractivity contribution in [2.45, 2.75) is 69.5 Å². The Bertz CT molecular complexity index is 478. The second-order valence-corrected chi connectivity index (χ2v) is 15.2. The van der Waals surface area contributed by atoms with Gasteiger partial charge in [0.2, 0.25) is 0 Å². The van der Waals surface area contributed by atoms with Gasteiger partial charge in [-0.15, -0.1) is 0 Å².